The van der Waals surface area contributed by atoms with Gasteiger partial charge in [-0.2, -0.15) is 13.2 Å². The number of para-hydroxylation sites is 1. The maximum absolute atomic E-state index is 14.0. The largest absolute Gasteiger partial charge is 0.486 e. The third-order valence-corrected chi connectivity index (χ3v) is 6.59. The number of nitrogens with one attached hydrogen (secondary N) is 2. The van der Waals surface area contributed by atoms with E-state index >= 15 is 0 Å². The monoisotopic (exact) mass is 601 g/mol. The summed E-state index contributed by atoms with van der Waals surface area (Å²) in [4.78, 5) is 29.7. The standard InChI is InChI=1S/C31H28F5N3O4/c1-30(13-14-31(34,35)36,39-29(41)43-17-20-7-3-2-4-8-20)19-38-28(40)22-15-21-9-5-12-26(27(21)37-16-22)42-18-23-24(32)10-6-11-25(23)33/h2-12,15-16H,13-14,17-19H2,1H3,(H,38,40)(H,39,41). The van der Waals surface area contributed by atoms with Crippen LogP contribution in [0.4, 0.5) is 26.7 Å². The molecule has 4 rings (SSSR count). The van der Waals surface area contributed by atoms with Crippen LogP contribution in [0.2, 0.25) is 0 Å². The fourth-order valence-electron chi connectivity index (χ4n) is 4.19. The molecule has 2 N–H and O–H groups in total. The topological polar surface area (TPSA) is 89.5 Å². The minimum Gasteiger partial charge on any atom is -0.486 e. The van der Waals surface area contributed by atoms with E-state index in [0.29, 0.717) is 16.5 Å². The van der Waals surface area contributed by atoms with E-state index in [1.165, 1.54) is 25.3 Å². The molecule has 7 nitrogen and oxygen atoms in total. The zero-order valence-electron chi connectivity index (χ0n) is 23.0. The van der Waals surface area contributed by atoms with Crippen LogP contribution in [0, 0.1) is 11.6 Å². The number of carbonyl (C=O) groups is 2. The summed E-state index contributed by atoms with van der Waals surface area (Å²) in [5.74, 6) is -1.93. The third kappa shape index (κ3) is 8.87. The number of halogens is 5. The number of carbonyl (C=O) groups excluding carboxylic acids is 2. The Balaban J connectivity index is 1.43. The fraction of sp³-hybridized carbons (Fsp3) is 0.258. The molecule has 0 saturated carbocycles. The van der Waals surface area contributed by atoms with Gasteiger partial charge in [0.25, 0.3) is 5.91 Å². The van der Waals surface area contributed by atoms with Crippen LogP contribution >= 0.6 is 0 Å². The molecule has 12 heteroatoms. The molecule has 0 aliphatic carbocycles. The lowest BCUT2D eigenvalue weighted by molar-refractivity contribution is -0.138. The summed E-state index contributed by atoms with van der Waals surface area (Å²) >= 11 is 0. The molecule has 0 saturated heterocycles. The molecule has 226 valence electrons. The molecule has 43 heavy (non-hydrogen) atoms. The molecule has 0 spiro atoms. The van der Waals surface area contributed by atoms with Crippen molar-refractivity contribution in [1.82, 2.24) is 15.6 Å². The second-order valence-corrected chi connectivity index (χ2v) is 10.1. The van der Waals surface area contributed by atoms with E-state index in [4.69, 9.17) is 9.47 Å². The van der Waals surface area contributed by atoms with Gasteiger partial charge in [-0.15, -0.1) is 0 Å². The first-order valence-electron chi connectivity index (χ1n) is 13.2. The molecular formula is C31H28F5N3O4. The van der Waals surface area contributed by atoms with Crippen LogP contribution in [0.3, 0.4) is 0 Å². The Labute approximate surface area is 244 Å². The van der Waals surface area contributed by atoms with Gasteiger partial charge in [-0.25, -0.2) is 13.6 Å². The Hall–Kier alpha value is -4.74. The SMILES string of the molecule is CC(CCC(F)(F)F)(CNC(=O)c1cnc2c(OCc3c(F)cccc3F)cccc2c1)NC(=O)OCc1ccccc1. The summed E-state index contributed by atoms with van der Waals surface area (Å²) in [7, 11) is 0. The summed E-state index contributed by atoms with van der Waals surface area (Å²) in [6.07, 6.45) is -5.90. The molecule has 1 heterocycles. The Kier molecular flexibility index (Phi) is 9.79. The summed E-state index contributed by atoms with van der Waals surface area (Å²) in [5.41, 5.74) is -0.628. The van der Waals surface area contributed by atoms with E-state index in [1.54, 1.807) is 48.5 Å². The second-order valence-electron chi connectivity index (χ2n) is 10.1. The molecule has 4 aromatic rings. The van der Waals surface area contributed by atoms with Gasteiger partial charge in [-0.05, 0) is 43.2 Å². The number of alkyl halides is 3. The number of benzene rings is 3. The van der Waals surface area contributed by atoms with Crippen LogP contribution in [0.25, 0.3) is 10.9 Å². The Bertz CT molecular complexity index is 1560. The number of hydrogen-bond acceptors (Lipinski definition) is 5. The number of rotatable bonds is 11. The van der Waals surface area contributed by atoms with Gasteiger partial charge in [0.1, 0.15) is 36.1 Å². The molecule has 1 aromatic heterocycles. The highest BCUT2D eigenvalue weighted by atomic mass is 19.4. The van der Waals surface area contributed by atoms with Crippen molar-refractivity contribution in [2.24, 2.45) is 0 Å². The minimum atomic E-state index is -4.49. The lowest BCUT2D eigenvalue weighted by Gasteiger charge is -2.31. The maximum Gasteiger partial charge on any atom is 0.407 e. The van der Waals surface area contributed by atoms with Gasteiger partial charge in [-0.3, -0.25) is 9.78 Å². The van der Waals surface area contributed by atoms with Crippen LogP contribution in [0.5, 0.6) is 5.75 Å². The second kappa shape index (κ2) is 13.5. The molecule has 1 unspecified atom stereocenters. The fourth-order valence-corrected chi connectivity index (χ4v) is 4.19. The van der Waals surface area contributed by atoms with Gasteiger partial charge >= 0.3 is 12.3 Å². The number of nitrogens with zero attached hydrogens (tertiary/aromatic N) is 1. The molecule has 0 fully saturated rings. The van der Waals surface area contributed by atoms with Gasteiger partial charge in [0.2, 0.25) is 0 Å². The quantitative estimate of drug-likeness (QED) is 0.184. The highest BCUT2D eigenvalue weighted by molar-refractivity contribution is 5.98. The van der Waals surface area contributed by atoms with E-state index in [0.717, 1.165) is 12.1 Å². The molecule has 0 aliphatic heterocycles. The van der Waals surface area contributed by atoms with Crippen molar-refractivity contribution in [3.05, 3.63) is 107 Å². The summed E-state index contributed by atoms with van der Waals surface area (Å²) in [6, 6.07) is 18.5. The van der Waals surface area contributed by atoms with Crippen LogP contribution < -0.4 is 15.4 Å². The van der Waals surface area contributed by atoms with Crippen molar-refractivity contribution in [1.29, 1.82) is 0 Å². The average molecular weight is 602 g/mol. The molecular weight excluding hydrogens is 573 g/mol. The summed E-state index contributed by atoms with van der Waals surface area (Å²) < 4.78 is 77.9. The number of ether oxygens (including phenoxy) is 2. The number of fused-ring (bicyclic) bond motifs is 1. The van der Waals surface area contributed by atoms with Crippen LogP contribution in [-0.2, 0) is 18.0 Å². The maximum atomic E-state index is 14.0. The zero-order valence-corrected chi connectivity index (χ0v) is 23.0. The molecule has 0 bridgehead atoms. The van der Waals surface area contributed by atoms with Gasteiger partial charge in [0, 0.05) is 24.5 Å². The number of alkyl carbamates (subject to hydrolysis) is 1. The van der Waals surface area contributed by atoms with E-state index in [9.17, 15) is 31.5 Å². The zero-order chi connectivity index (χ0) is 31.0. The van der Waals surface area contributed by atoms with Crippen LogP contribution in [0.15, 0.2) is 79.0 Å². The highest BCUT2D eigenvalue weighted by Crippen LogP contribution is 2.27. The van der Waals surface area contributed by atoms with E-state index in [1.807, 2.05) is 0 Å². The Morgan fingerprint density at radius 1 is 0.884 bits per heavy atom. The average Bonchev–Trinajstić information content (AvgIpc) is 2.97. The highest BCUT2D eigenvalue weighted by Gasteiger charge is 2.35. The minimum absolute atomic E-state index is 0.0852. The molecule has 2 amide bonds. The van der Waals surface area contributed by atoms with Crippen molar-refractivity contribution < 1.29 is 41.0 Å². The van der Waals surface area contributed by atoms with Crippen molar-refractivity contribution in [2.45, 2.75) is 44.7 Å². The van der Waals surface area contributed by atoms with E-state index in [2.05, 4.69) is 15.6 Å². The van der Waals surface area contributed by atoms with Crippen LogP contribution in [0.1, 0.15) is 41.3 Å². The molecule has 3 aromatic carbocycles. The van der Waals surface area contributed by atoms with E-state index in [-0.39, 0.29) is 30.0 Å². The molecule has 0 radical (unpaired) electrons. The predicted molar refractivity (Wildman–Crippen MR) is 148 cm³/mol. The molecule has 1 atom stereocenters. The van der Waals surface area contributed by atoms with Gasteiger partial charge in [0.05, 0.1) is 16.7 Å². The van der Waals surface area contributed by atoms with Crippen LogP contribution in [-0.4, -0.2) is 35.2 Å². The molecule has 0 aliphatic rings. The number of amides is 2. The number of pyridine rings is 1. The van der Waals surface area contributed by atoms with Gasteiger partial charge in [0.15, 0.2) is 0 Å². The Morgan fingerprint density at radius 3 is 2.28 bits per heavy atom. The first kappa shape index (κ1) is 31.2. The first-order chi connectivity index (χ1) is 20.4. The lowest BCUT2D eigenvalue weighted by atomic mass is 9.95. The van der Waals surface area contributed by atoms with Gasteiger partial charge < -0.3 is 20.1 Å². The summed E-state index contributed by atoms with van der Waals surface area (Å²) in [6.45, 7) is 0.568. The first-order valence-corrected chi connectivity index (χ1v) is 13.2. The van der Waals surface area contributed by atoms with Gasteiger partial charge in [-0.1, -0.05) is 48.5 Å². The van der Waals surface area contributed by atoms with Crippen molar-refractivity contribution in [2.75, 3.05) is 6.54 Å². The number of aromatic nitrogens is 1. The third-order valence-electron chi connectivity index (χ3n) is 6.59. The van der Waals surface area contributed by atoms with E-state index < -0.39 is 54.8 Å². The normalized spacial score (nSPS) is 12.8. The number of hydrogen-bond donors (Lipinski definition) is 2. The summed E-state index contributed by atoms with van der Waals surface area (Å²) in [5, 5.41) is 5.49. The van der Waals surface area contributed by atoms with Crippen molar-refractivity contribution >= 4 is 22.9 Å². The Morgan fingerprint density at radius 2 is 1.58 bits per heavy atom. The lowest BCUT2D eigenvalue weighted by Crippen LogP contribution is -2.54. The smallest absolute Gasteiger partial charge is 0.407 e. The van der Waals surface area contributed by atoms with Crippen molar-refractivity contribution in [3.63, 3.8) is 0 Å². The predicted octanol–water partition coefficient (Wildman–Crippen LogP) is 6.85. The van der Waals surface area contributed by atoms with Crippen molar-refractivity contribution in [3.8, 4) is 5.75 Å².